The van der Waals surface area contributed by atoms with E-state index < -0.39 is 130 Å². The summed E-state index contributed by atoms with van der Waals surface area (Å²) in [5, 5.41) is 5.27. The fourth-order valence-electron chi connectivity index (χ4n) is 8.82. The fourth-order valence-corrected chi connectivity index (χ4v) is 9.25. The van der Waals surface area contributed by atoms with Gasteiger partial charge in [0.25, 0.3) is 11.1 Å². The zero-order valence-corrected chi connectivity index (χ0v) is 60.0. The molecule has 488 valence electrons. The van der Waals surface area contributed by atoms with Crippen molar-refractivity contribution in [3.8, 4) is 16.9 Å². The number of methoxy groups -OCH3 is 1. The van der Waals surface area contributed by atoms with Crippen molar-refractivity contribution in [2.24, 2.45) is 0 Å². The summed E-state index contributed by atoms with van der Waals surface area (Å²) in [5.74, 6) is -3.58. The topological polar surface area (TPSA) is 174 Å². The highest BCUT2D eigenvalue weighted by Gasteiger charge is 2.37. The Balaban J connectivity index is 0.000000359. The highest BCUT2D eigenvalue weighted by Crippen LogP contribution is 2.36. The van der Waals surface area contributed by atoms with E-state index in [9.17, 15) is 63.9 Å². The van der Waals surface area contributed by atoms with Crippen LogP contribution < -0.4 is 37.9 Å². The van der Waals surface area contributed by atoms with Crippen LogP contribution in [0.3, 0.4) is 0 Å². The summed E-state index contributed by atoms with van der Waals surface area (Å²) in [6.07, 6.45) is -11.5. The first-order chi connectivity index (χ1) is 41.9. The zero-order valence-electron chi connectivity index (χ0n) is 49.8. The number of rotatable bonds is 14. The Kier molecular flexibility index (Phi) is 28.6. The number of amides is 2. The molecule has 0 aliphatic heterocycles. The lowest BCUT2D eigenvalue weighted by atomic mass is 10.0. The van der Waals surface area contributed by atoms with Gasteiger partial charge in [-0.25, -0.2) is 32.3 Å². The van der Waals surface area contributed by atoms with Gasteiger partial charge in [0.1, 0.15) is 27.2 Å². The van der Waals surface area contributed by atoms with Gasteiger partial charge in [-0.15, -0.1) is 0 Å². The van der Waals surface area contributed by atoms with E-state index in [4.69, 9.17) is 14.2 Å². The number of ether oxygens (including phenoxy) is 3. The van der Waals surface area contributed by atoms with Crippen LogP contribution in [0.5, 0.6) is 5.75 Å². The molecule has 0 aliphatic carbocycles. The number of halogens is 14. The Morgan fingerprint density at radius 2 is 0.911 bits per heavy atom. The smallest absolute Gasteiger partial charge is 0.416 e. The van der Waals surface area contributed by atoms with E-state index in [1.165, 1.54) is 39.2 Å². The molecular weight excluding hydrogens is 1720 g/mol. The van der Waals surface area contributed by atoms with Crippen molar-refractivity contribution < 1.29 is 63.3 Å². The van der Waals surface area contributed by atoms with Gasteiger partial charge in [0, 0.05) is 28.1 Å². The monoisotopic (exact) mass is 1780 g/mol. The molecule has 0 fully saturated rings. The summed E-state index contributed by atoms with van der Waals surface area (Å²) in [7, 11) is 1.21. The second kappa shape index (κ2) is 33.4. The largest absolute Gasteiger partial charge is 0.494 e. The Labute approximate surface area is 575 Å². The molecule has 15 nitrogen and oxygen atoms in total. The van der Waals surface area contributed by atoms with Crippen LogP contribution in [0.2, 0.25) is 0 Å². The first-order valence-electron chi connectivity index (χ1n) is 26.6. The third kappa shape index (κ3) is 21.3. The Morgan fingerprint density at radius 1 is 0.544 bits per heavy atom. The molecule has 2 amide bonds. The van der Waals surface area contributed by atoms with Crippen LogP contribution in [-0.4, -0.2) is 53.6 Å². The van der Waals surface area contributed by atoms with Gasteiger partial charge in [0.15, 0.2) is 11.6 Å². The maximum atomic E-state index is 15.6. The minimum atomic E-state index is -4.97. The molecule has 0 aliphatic rings. The average Bonchev–Trinajstić information content (AvgIpc) is 0.773. The molecule has 0 unspecified atom stereocenters. The van der Waals surface area contributed by atoms with Crippen LogP contribution in [0, 0.1) is 31.3 Å². The summed E-state index contributed by atoms with van der Waals surface area (Å²) in [6.45, 7) is 9.91. The van der Waals surface area contributed by atoms with Gasteiger partial charge >= 0.3 is 35.9 Å². The van der Waals surface area contributed by atoms with Gasteiger partial charge in [-0.05, 0) is 118 Å². The molecule has 2 N–H and O–H groups in total. The third-order valence-corrected chi connectivity index (χ3v) is 13.7. The highest BCUT2D eigenvalue weighted by atomic mass is 127. The van der Waals surface area contributed by atoms with Crippen LogP contribution in [-0.2, 0) is 48.0 Å². The number of carbonyl (C=O) groups excluding carboxylic acids is 2. The van der Waals surface area contributed by atoms with Gasteiger partial charge in [-0.2, -0.15) is 26.3 Å². The van der Waals surface area contributed by atoms with Crippen molar-refractivity contribution >= 4 is 118 Å². The van der Waals surface area contributed by atoms with E-state index in [1.54, 1.807) is 102 Å². The standard InChI is InChI=1S/C33H32F5N3O5.C26H26BrF4N3O4.CHI3.CH3I/c1-19-27(21-13-9-16-26(45-5)28(21)35)29(42)41(18-25(20-11-7-6-8-12-20)39-30(43)46-32(2,3)4)31(44)40(19)17-22-23(33(36,37)38)14-10-15-24(22)34;1-15-21(27)22(35)34(14-20(16-9-6-5-7-10-16)32-23(36)38-25(2,3)4)24(37)33(15)13-17-18(26(29,30)31)11-8-12-19(17)28;2-1(3)4;1-2/h6-16,25H,17-18H2,1-5H3,(H,39,43);5-12,20H,13-14H2,1-4H3,(H,32,36);1H;1H3/t25-;20-;;/m00../s1. The SMILES string of the molecule is CI.COc1cccc(-c2c(C)n(Cc3c(F)cccc3C(F)(F)F)c(=O)n(C[C@H](NC(=O)OC(C)(C)C)c3ccccc3)c2=O)c1F.Cc1c(Br)c(=O)n(C[C@H](NC(=O)OC(C)(C)C)c2ccccc2)c(=O)n1Cc1c(F)cccc1C(F)(F)F.IC(I)I. The molecule has 90 heavy (non-hydrogen) atoms. The lowest BCUT2D eigenvalue weighted by molar-refractivity contribution is -0.139. The van der Waals surface area contributed by atoms with Crippen molar-refractivity contribution in [3.63, 3.8) is 0 Å². The van der Waals surface area contributed by atoms with Crippen molar-refractivity contribution in [3.05, 3.63) is 224 Å². The van der Waals surface area contributed by atoms with E-state index in [-0.39, 0.29) is 39.3 Å². The summed E-state index contributed by atoms with van der Waals surface area (Å²) < 4.78 is 147. The maximum Gasteiger partial charge on any atom is 0.416 e. The van der Waals surface area contributed by atoms with Crippen molar-refractivity contribution in [2.75, 3.05) is 12.0 Å². The molecule has 2 atom stereocenters. The number of alkyl halides is 10. The molecule has 0 saturated carbocycles. The minimum Gasteiger partial charge on any atom is -0.494 e. The molecule has 2 aromatic heterocycles. The van der Waals surface area contributed by atoms with Crippen LogP contribution >= 0.6 is 106 Å². The number of nitrogens with one attached hydrogen (secondary N) is 2. The van der Waals surface area contributed by atoms with E-state index in [1.807, 2.05) is 4.93 Å². The van der Waals surface area contributed by atoms with Crippen LogP contribution in [0.1, 0.15) is 98.4 Å². The lowest BCUT2D eigenvalue weighted by Gasteiger charge is -2.25. The average molecular weight is 1780 g/mol. The van der Waals surface area contributed by atoms with Crippen molar-refractivity contribution in [2.45, 2.75) is 117 Å². The van der Waals surface area contributed by atoms with Gasteiger partial charge in [-0.3, -0.25) is 27.9 Å². The van der Waals surface area contributed by atoms with Gasteiger partial charge in [0.2, 0.25) is 0 Å². The summed E-state index contributed by atoms with van der Waals surface area (Å²) >= 11 is 12.2. The normalized spacial score (nSPS) is 12.2. The molecule has 0 saturated heterocycles. The Hall–Kier alpha value is -5.43. The van der Waals surface area contributed by atoms with Crippen LogP contribution in [0.25, 0.3) is 11.1 Å². The Bertz CT molecular complexity index is 3870. The number of alkyl carbamates (subject to hydrolysis) is 2. The summed E-state index contributed by atoms with van der Waals surface area (Å²) in [5.41, 5.74) is -9.59. The van der Waals surface area contributed by atoms with Crippen LogP contribution in [0.15, 0.2) is 139 Å². The highest BCUT2D eigenvalue weighted by molar-refractivity contribution is 14.3. The number of carbonyl (C=O) groups is 2. The minimum absolute atomic E-state index is 0.0176. The summed E-state index contributed by atoms with van der Waals surface area (Å²) in [4.78, 5) is 82.0. The van der Waals surface area contributed by atoms with Gasteiger partial charge in [0.05, 0.1) is 62.1 Å². The predicted molar refractivity (Wildman–Crippen MR) is 363 cm³/mol. The maximum absolute atomic E-state index is 15.6. The molecule has 0 bridgehead atoms. The summed E-state index contributed by atoms with van der Waals surface area (Å²) in [6, 6.07) is 23.6. The third-order valence-electron chi connectivity index (χ3n) is 12.8. The molecule has 0 spiro atoms. The fraction of sp³-hybridized carbons (Fsp3) is 0.344. The number of nitrogens with zero attached hydrogens (tertiary/aromatic N) is 4. The van der Waals surface area contributed by atoms with E-state index >= 15 is 4.39 Å². The molecule has 5 aromatic carbocycles. The number of hydrogen-bond acceptors (Lipinski definition) is 9. The van der Waals surface area contributed by atoms with Crippen molar-refractivity contribution in [1.29, 1.82) is 0 Å². The second-order valence-electron chi connectivity index (χ2n) is 21.2. The first kappa shape index (κ1) is 77.0. The Morgan fingerprint density at radius 3 is 1.28 bits per heavy atom. The number of benzene rings is 5. The van der Waals surface area contributed by atoms with E-state index in [2.05, 4.69) is 117 Å². The first-order valence-corrected chi connectivity index (χ1v) is 33.3. The number of aromatic nitrogens is 4. The zero-order chi connectivity index (χ0) is 68.0. The second-order valence-corrected chi connectivity index (χ2v) is 32.9. The molecule has 29 heteroatoms. The molecule has 0 radical (unpaired) electrons. The molecule has 7 rings (SSSR count). The molecule has 2 heterocycles. The predicted octanol–water partition coefficient (Wildman–Crippen LogP) is 15.8. The van der Waals surface area contributed by atoms with E-state index in [0.717, 1.165) is 44.0 Å². The quantitative estimate of drug-likeness (QED) is 0.0610. The lowest BCUT2D eigenvalue weighted by Crippen LogP contribution is -2.46. The van der Waals surface area contributed by atoms with E-state index in [0.29, 0.717) is 21.8 Å². The van der Waals surface area contributed by atoms with Gasteiger partial charge in [-0.1, -0.05) is 175 Å². The molecular formula is C61H62BrF9I4N6O9. The van der Waals surface area contributed by atoms with Crippen LogP contribution in [0.4, 0.5) is 49.1 Å². The molecule has 7 aromatic rings. The van der Waals surface area contributed by atoms with Gasteiger partial charge < -0.3 is 24.8 Å². The van der Waals surface area contributed by atoms with Crippen molar-refractivity contribution in [1.82, 2.24) is 28.9 Å². The number of hydrogen-bond donors (Lipinski definition) is 2.